The first-order valence-electron chi connectivity index (χ1n) is 6.44. The molecule has 1 amide bonds. The number of aromatic nitrogens is 2. The van der Waals surface area contributed by atoms with E-state index in [1.807, 2.05) is 0 Å². The molecule has 2 aromatic rings. The summed E-state index contributed by atoms with van der Waals surface area (Å²) in [6, 6.07) is 4.65. The lowest BCUT2D eigenvalue weighted by Crippen LogP contribution is -2.16. The van der Waals surface area contributed by atoms with Gasteiger partial charge < -0.3 is 15.6 Å². The summed E-state index contributed by atoms with van der Waals surface area (Å²) < 4.78 is 1.66. The van der Waals surface area contributed by atoms with Crippen LogP contribution in [-0.4, -0.2) is 20.4 Å². The van der Waals surface area contributed by atoms with Crippen LogP contribution in [0.3, 0.4) is 0 Å². The minimum absolute atomic E-state index is 0.0810. The van der Waals surface area contributed by atoms with E-state index in [0.29, 0.717) is 11.5 Å². The van der Waals surface area contributed by atoms with Gasteiger partial charge in [0.15, 0.2) is 0 Å². The van der Waals surface area contributed by atoms with Crippen molar-refractivity contribution in [3.63, 3.8) is 0 Å². The number of nitro groups is 1. The summed E-state index contributed by atoms with van der Waals surface area (Å²) in [6.45, 7) is 0. The third kappa shape index (κ3) is 2.69. The number of hydrogen-bond acceptors (Lipinski definition) is 5. The van der Waals surface area contributed by atoms with Gasteiger partial charge in [-0.25, -0.2) is 4.98 Å². The number of amides is 1. The first-order valence-corrected chi connectivity index (χ1v) is 6.44. The van der Waals surface area contributed by atoms with Gasteiger partial charge in [-0.2, -0.15) is 0 Å². The smallest absolute Gasteiger partial charge is 0.287 e. The molecule has 8 heteroatoms. The molecule has 0 aromatic carbocycles. The van der Waals surface area contributed by atoms with Crippen LogP contribution in [0.2, 0.25) is 0 Å². The lowest BCUT2D eigenvalue weighted by atomic mass is 10.3. The maximum absolute atomic E-state index is 12.3. The van der Waals surface area contributed by atoms with Gasteiger partial charge in [0, 0.05) is 12.1 Å². The normalized spacial score (nSPS) is 13.9. The number of nitrogen functional groups attached to an aromatic ring is 1. The zero-order chi connectivity index (χ0) is 15.0. The molecule has 0 atom stereocenters. The van der Waals surface area contributed by atoms with Gasteiger partial charge in [0.1, 0.15) is 11.5 Å². The Morgan fingerprint density at radius 1 is 1.48 bits per heavy atom. The quantitative estimate of drug-likeness (QED) is 0.658. The third-order valence-electron chi connectivity index (χ3n) is 3.26. The number of carbonyl (C=O) groups excluding carboxylic acids is 1. The predicted octanol–water partition coefficient (Wildman–Crippen LogP) is 1.96. The molecule has 3 rings (SSSR count). The van der Waals surface area contributed by atoms with Crippen molar-refractivity contribution in [1.82, 2.24) is 9.55 Å². The highest BCUT2D eigenvalue weighted by Gasteiger charge is 2.30. The molecule has 1 fully saturated rings. The monoisotopic (exact) mass is 287 g/mol. The molecule has 2 heterocycles. The van der Waals surface area contributed by atoms with Gasteiger partial charge in [-0.05, 0) is 25.0 Å². The van der Waals surface area contributed by atoms with Gasteiger partial charge in [-0.15, -0.1) is 0 Å². The number of nitrogens with one attached hydrogen (secondary N) is 1. The Morgan fingerprint density at radius 2 is 2.24 bits per heavy atom. The number of pyridine rings is 1. The van der Waals surface area contributed by atoms with Gasteiger partial charge in [0.25, 0.3) is 11.6 Å². The van der Waals surface area contributed by atoms with Crippen molar-refractivity contribution >= 4 is 23.1 Å². The van der Waals surface area contributed by atoms with Gasteiger partial charge in [-0.1, -0.05) is 0 Å². The average Bonchev–Trinajstić information content (AvgIpc) is 3.19. The van der Waals surface area contributed by atoms with Crippen molar-refractivity contribution in [2.75, 3.05) is 11.1 Å². The summed E-state index contributed by atoms with van der Waals surface area (Å²) in [5.41, 5.74) is 6.16. The summed E-state index contributed by atoms with van der Waals surface area (Å²) in [4.78, 5) is 26.5. The summed E-state index contributed by atoms with van der Waals surface area (Å²) in [7, 11) is 0. The van der Waals surface area contributed by atoms with Crippen LogP contribution < -0.4 is 11.1 Å². The maximum atomic E-state index is 12.3. The Morgan fingerprint density at radius 3 is 2.81 bits per heavy atom. The molecule has 1 aliphatic rings. The molecule has 0 saturated heterocycles. The number of nitrogens with zero attached hydrogens (tertiary/aromatic N) is 3. The molecule has 21 heavy (non-hydrogen) atoms. The molecule has 1 saturated carbocycles. The largest absolute Gasteiger partial charge is 0.384 e. The molecule has 8 nitrogen and oxygen atoms in total. The van der Waals surface area contributed by atoms with Crippen LogP contribution in [0.1, 0.15) is 29.4 Å². The minimum atomic E-state index is -0.500. The second-order valence-corrected chi connectivity index (χ2v) is 4.90. The Labute approximate surface area is 119 Å². The number of rotatable bonds is 4. The number of carbonyl (C=O) groups is 1. The fourth-order valence-electron chi connectivity index (χ4n) is 2.08. The fraction of sp³-hybridized carbons (Fsp3) is 0.231. The van der Waals surface area contributed by atoms with Gasteiger partial charge >= 0.3 is 0 Å². The lowest BCUT2D eigenvalue weighted by Gasteiger charge is -2.07. The van der Waals surface area contributed by atoms with Crippen LogP contribution >= 0.6 is 0 Å². The standard InChI is InChI=1S/C13H13N5O3/c14-12-4-1-8(6-15-12)16-13(19)11-5-10(18(20)21)7-17(11)9-2-3-9/h1,4-7,9H,2-3H2,(H2,14,15)(H,16,19). The summed E-state index contributed by atoms with van der Waals surface area (Å²) in [5, 5.41) is 13.5. The summed E-state index contributed by atoms with van der Waals surface area (Å²) in [6.07, 6.45) is 4.70. The molecule has 3 N–H and O–H groups in total. The van der Waals surface area contributed by atoms with E-state index in [-0.39, 0.29) is 17.4 Å². The molecule has 1 aliphatic carbocycles. The van der Waals surface area contributed by atoms with E-state index in [2.05, 4.69) is 10.3 Å². The van der Waals surface area contributed by atoms with Crippen LogP contribution in [0.25, 0.3) is 0 Å². The predicted molar refractivity (Wildman–Crippen MR) is 76.0 cm³/mol. The number of anilines is 2. The molecule has 0 bridgehead atoms. The molecular formula is C13H13N5O3. The zero-order valence-electron chi connectivity index (χ0n) is 11.0. The Bertz CT molecular complexity index is 703. The van der Waals surface area contributed by atoms with E-state index in [0.717, 1.165) is 12.8 Å². The van der Waals surface area contributed by atoms with E-state index < -0.39 is 10.8 Å². The second kappa shape index (κ2) is 4.89. The molecule has 0 aliphatic heterocycles. The Balaban J connectivity index is 1.86. The van der Waals surface area contributed by atoms with E-state index in [1.54, 1.807) is 16.7 Å². The van der Waals surface area contributed by atoms with Crippen molar-refractivity contribution < 1.29 is 9.72 Å². The first kappa shape index (κ1) is 13.1. The van der Waals surface area contributed by atoms with Crippen molar-refractivity contribution in [2.45, 2.75) is 18.9 Å². The molecule has 0 radical (unpaired) electrons. The van der Waals surface area contributed by atoms with Crippen LogP contribution in [-0.2, 0) is 0 Å². The highest BCUT2D eigenvalue weighted by molar-refractivity contribution is 6.03. The summed E-state index contributed by atoms with van der Waals surface area (Å²) in [5.74, 6) is -0.0495. The lowest BCUT2D eigenvalue weighted by molar-refractivity contribution is -0.384. The topological polar surface area (TPSA) is 116 Å². The summed E-state index contributed by atoms with van der Waals surface area (Å²) >= 11 is 0. The molecule has 0 spiro atoms. The first-order chi connectivity index (χ1) is 10.0. The van der Waals surface area contributed by atoms with Crippen LogP contribution in [0.15, 0.2) is 30.6 Å². The highest BCUT2D eigenvalue weighted by atomic mass is 16.6. The Kier molecular flexibility index (Phi) is 3.05. The van der Waals surface area contributed by atoms with Crippen LogP contribution in [0, 0.1) is 10.1 Å². The number of nitrogens with two attached hydrogens (primary N) is 1. The molecule has 2 aromatic heterocycles. The Hall–Kier alpha value is -2.90. The second-order valence-electron chi connectivity index (χ2n) is 4.90. The van der Waals surface area contributed by atoms with Crippen molar-refractivity contribution in [3.05, 3.63) is 46.4 Å². The highest BCUT2D eigenvalue weighted by Crippen LogP contribution is 2.38. The molecule has 0 unspecified atom stereocenters. The van der Waals surface area contributed by atoms with E-state index in [9.17, 15) is 14.9 Å². The van der Waals surface area contributed by atoms with Gasteiger partial charge in [0.05, 0.1) is 23.0 Å². The van der Waals surface area contributed by atoms with Crippen LogP contribution in [0.5, 0.6) is 0 Å². The third-order valence-corrected chi connectivity index (χ3v) is 3.26. The minimum Gasteiger partial charge on any atom is -0.384 e. The van der Waals surface area contributed by atoms with E-state index in [4.69, 9.17) is 5.73 Å². The van der Waals surface area contributed by atoms with Gasteiger partial charge in [0.2, 0.25) is 0 Å². The van der Waals surface area contributed by atoms with Crippen molar-refractivity contribution in [1.29, 1.82) is 0 Å². The SMILES string of the molecule is Nc1ccc(NC(=O)c2cc([N+](=O)[O-])cn2C2CC2)cn1. The number of hydrogen-bond donors (Lipinski definition) is 2. The van der Waals surface area contributed by atoms with Crippen molar-refractivity contribution in [3.8, 4) is 0 Å². The van der Waals surface area contributed by atoms with Gasteiger partial charge in [-0.3, -0.25) is 14.9 Å². The molecular weight excluding hydrogens is 274 g/mol. The average molecular weight is 287 g/mol. The zero-order valence-corrected chi connectivity index (χ0v) is 11.0. The van der Waals surface area contributed by atoms with Crippen molar-refractivity contribution in [2.24, 2.45) is 0 Å². The molecule has 108 valence electrons. The van der Waals surface area contributed by atoms with E-state index >= 15 is 0 Å². The fourth-order valence-corrected chi connectivity index (χ4v) is 2.08. The van der Waals surface area contributed by atoms with E-state index in [1.165, 1.54) is 18.5 Å². The maximum Gasteiger partial charge on any atom is 0.287 e. The van der Waals surface area contributed by atoms with Crippen LogP contribution in [0.4, 0.5) is 17.2 Å².